The van der Waals surface area contributed by atoms with E-state index in [1.807, 2.05) is 0 Å². The first-order valence-electron chi connectivity index (χ1n) is 6.92. The van der Waals surface area contributed by atoms with Crippen molar-refractivity contribution in [2.45, 2.75) is 58.1 Å². The van der Waals surface area contributed by atoms with Crippen molar-refractivity contribution in [3.8, 4) is 0 Å². The predicted octanol–water partition coefficient (Wildman–Crippen LogP) is 3.09. The van der Waals surface area contributed by atoms with E-state index < -0.39 is 8.07 Å². The van der Waals surface area contributed by atoms with Gasteiger partial charge in [0.1, 0.15) is 6.73 Å². The molecule has 0 amide bonds. The van der Waals surface area contributed by atoms with Gasteiger partial charge in [-0.25, -0.2) is 4.68 Å². The van der Waals surface area contributed by atoms with Gasteiger partial charge in [-0.3, -0.25) is 0 Å². The lowest BCUT2D eigenvalue weighted by molar-refractivity contribution is 0.0749. The van der Waals surface area contributed by atoms with Gasteiger partial charge in [0.25, 0.3) is 0 Å². The number of rotatable bonds is 10. The summed E-state index contributed by atoms with van der Waals surface area (Å²) in [5.41, 5.74) is 0. The first-order chi connectivity index (χ1) is 9.03. The first kappa shape index (κ1) is 16.8. The Morgan fingerprint density at radius 3 is 2.68 bits per heavy atom. The Morgan fingerprint density at radius 1 is 1.21 bits per heavy atom. The number of nitrogens with zero attached hydrogens (tertiary/aromatic N) is 4. The van der Waals surface area contributed by atoms with Gasteiger partial charge in [0, 0.05) is 26.4 Å². The maximum atomic E-state index is 5.67. The SMILES string of the molecule is C[Si](C)(C)CCOCn1nnnc1CCCCCBr. The van der Waals surface area contributed by atoms with Gasteiger partial charge in [-0.2, -0.15) is 0 Å². The number of unbranched alkanes of at least 4 members (excludes halogenated alkanes) is 2. The Kier molecular flexibility index (Phi) is 7.78. The van der Waals surface area contributed by atoms with Crippen molar-refractivity contribution < 1.29 is 4.74 Å². The van der Waals surface area contributed by atoms with E-state index in [1.165, 1.54) is 18.9 Å². The van der Waals surface area contributed by atoms with Crippen LogP contribution in [0.3, 0.4) is 0 Å². The van der Waals surface area contributed by atoms with Crippen LogP contribution < -0.4 is 0 Å². The fourth-order valence-corrected chi connectivity index (χ4v) is 2.74. The number of alkyl halides is 1. The van der Waals surface area contributed by atoms with E-state index in [0.717, 1.165) is 30.6 Å². The number of halogens is 1. The molecule has 1 aromatic rings. The molecule has 1 aromatic heterocycles. The second-order valence-corrected chi connectivity index (χ2v) is 12.4. The average molecular weight is 349 g/mol. The van der Waals surface area contributed by atoms with E-state index >= 15 is 0 Å². The molecule has 0 bridgehead atoms. The van der Waals surface area contributed by atoms with Crippen molar-refractivity contribution >= 4 is 24.0 Å². The van der Waals surface area contributed by atoms with E-state index in [-0.39, 0.29) is 0 Å². The Balaban J connectivity index is 2.24. The molecule has 0 aromatic carbocycles. The molecule has 0 radical (unpaired) electrons. The zero-order valence-corrected chi connectivity index (χ0v) is 14.8. The molecule has 7 heteroatoms. The minimum absolute atomic E-state index is 0.477. The quantitative estimate of drug-likeness (QED) is 0.370. The lowest BCUT2D eigenvalue weighted by Crippen LogP contribution is -2.22. The van der Waals surface area contributed by atoms with Crippen LogP contribution in [-0.2, 0) is 17.9 Å². The van der Waals surface area contributed by atoms with E-state index in [1.54, 1.807) is 4.68 Å². The summed E-state index contributed by atoms with van der Waals surface area (Å²) >= 11 is 3.44. The van der Waals surface area contributed by atoms with Crippen molar-refractivity contribution in [3.05, 3.63) is 5.82 Å². The molecule has 0 aliphatic rings. The lowest BCUT2D eigenvalue weighted by Gasteiger charge is -2.15. The van der Waals surface area contributed by atoms with Gasteiger partial charge in [0.2, 0.25) is 0 Å². The van der Waals surface area contributed by atoms with Crippen LogP contribution in [0.4, 0.5) is 0 Å². The monoisotopic (exact) mass is 348 g/mol. The lowest BCUT2D eigenvalue weighted by atomic mass is 10.2. The van der Waals surface area contributed by atoms with Crippen molar-refractivity contribution in [1.82, 2.24) is 20.2 Å². The molecule has 1 rings (SSSR count). The molecule has 0 spiro atoms. The summed E-state index contributed by atoms with van der Waals surface area (Å²) in [6.45, 7) is 8.33. The highest BCUT2D eigenvalue weighted by molar-refractivity contribution is 9.09. The number of tetrazole rings is 1. The normalized spacial score (nSPS) is 12.0. The van der Waals surface area contributed by atoms with Crippen LogP contribution in [0.5, 0.6) is 0 Å². The van der Waals surface area contributed by atoms with Crippen molar-refractivity contribution in [3.63, 3.8) is 0 Å². The smallest absolute Gasteiger partial charge is 0.154 e. The number of aromatic nitrogens is 4. The van der Waals surface area contributed by atoms with E-state index in [0.29, 0.717) is 6.73 Å². The summed E-state index contributed by atoms with van der Waals surface area (Å²) in [4.78, 5) is 0. The highest BCUT2D eigenvalue weighted by Crippen LogP contribution is 2.08. The number of ether oxygens (including phenoxy) is 1. The van der Waals surface area contributed by atoms with Gasteiger partial charge in [-0.15, -0.1) is 5.10 Å². The highest BCUT2D eigenvalue weighted by Gasteiger charge is 2.12. The largest absolute Gasteiger partial charge is 0.359 e. The van der Waals surface area contributed by atoms with E-state index in [9.17, 15) is 0 Å². The molecule has 0 saturated carbocycles. The zero-order valence-electron chi connectivity index (χ0n) is 12.2. The van der Waals surface area contributed by atoms with Crippen LogP contribution in [0.2, 0.25) is 25.7 Å². The maximum Gasteiger partial charge on any atom is 0.154 e. The van der Waals surface area contributed by atoms with Gasteiger partial charge in [-0.05, 0) is 29.3 Å². The topological polar surface area (TPSA) is 52.8 Å². The Hall–Kier alpha value is -0.273. The summed E-state index contributed by atoms with van der Waals surface area (Å²) < 4.78 is 7.45. The molecule has 0 N–H and O–H groups in total. The molecule has 0 aliphatic heterocycles. The van der Waals surface area contributed by atoms with Crippen molar-refractivity contribution in [2.75, 3.05) is 11.9 Å². The number of hydrogen-bond acceptors (Lipinski definition) is 4. The average Bonchev–Trinajstić information content (AvgIpc) is 2.77. The van der Waals surface area contributed by atoms with Gasteiger partial charge < -0.3 is 4.74 Å². The first-order valence-corrected chi connectivity index (χ1v) is 11.7. The third kappa shape index (κ3) is 7.79. The van der Waals surface area contributed by atoms with Crippen LogP contribution in [0.25, 0.3) is 0 Å². The molecule has 19 heavy (non-hydrogen) atoms. The minimum Gasteiger partial charge on any atom is -0.359 e. The molecular weight excluding hydrogens is 324 g/mol. The molecule has 0 unspecified atom stereocenters. The summed E-state index contributed by atoms with van der Waals surface area (Å²) in [6, 6.07) is 1.18. The predicted molar refractivity (Wildman–Crippen MR) is 83.3 cm³/mol. The second kappa shape index (κ2) is 8.81. The van der Waals surface area contributed by atoms with Crippen molar-refractivity contribution in [1.29, 1.82) is 0 Å². The van der Waals surface area contributed by atoms with Gasteiger partial charge in [0.05, 0.1) is 0 Å². The molecule has 1 heterocycles. The molecular formula is C12H25BrN4OSi. The third-order valence-electron chi connectivity index (χ3n) is 2.85. The van der Waals surface area contributed by atoms with Crippen LogP contribution in [0.1, 0.15) is 25.1 Å². The Labute approximate surface area is 125 Å². The molecule has 0 atom stereocenters. The molecule has 0 aliphatic carbocycles. The standard InChI is InChI=1S/C12H25BrN4OSi/c1-19(2,3)10-9-18-11-17-12(14-15-16-17)7-5-4-6-8-13/h4-11H2,1-3H3. The molecule has 0 saturated heterocycles. The maximum absolute atomic E-state index is 5.67. The van der Waals surface area contributed by atoms with Crippen LogP contribution in [0.15, 0.2) is 0 Å². The van der Waals surface area contributed by atoms with Gasteiger partial charge >= 0.3 is 0 Å². The number of hydrogen-bond donors (Lipinski definition) is 0. The highest BCUT2D eigenvalue weighted by atomic mass is 79.9. The fourth-order valence-electron chi connectivity index (χ4n) is 1.59. The summed E-state index contributed by atoms with van der Waals surface area (Å²) in [5, 5.41) is 12.8. The minimum atomic E-state index is -1.01. The van der Waals surface area contributed by atoms with Crippen LogP contribution >= 0.6 is 15.9 Å². The third-order valence-corrected chi connectivity index (χ3v) is 5.11. The summed E-state index contributed by atoms with van der Waals surface area (Å²) in [7, 11) is -1.01. The van der Waals surface area contributed by atoms with Crippen LogP contribution in [0, 0.1) is 0 Å². The number of aryl methyl sites for hydroxylation is 1. The summed E-state index contributed by atoms with van der Waals surface area (Å²) in [5.74, 6) is 0.933. The fraction of sp³-hybridized carbons (Fsp3) is 0.917. The van der Waals surface area contributed by atoms with E-state index in [2.05, 4.69) is 51.1 Å². The summed E-state index contributed by atoms with van der Waals surface area (Å²) in [6.07, 6.45) is 4.46. The second-order valence-electron chi connectivity index (χ2n) is 5.94. The molecule has 110 valence electrons. The Bertz CT molecular complexity index is 354. The van der Waals surface area contributed by atoms with E-state index in [4.69, 9.17) is 4.74 Å². The van der Waals surface area contributed by atoms with Crippen LogP contribution in [-0.4, -0.2) is 40.2 Å². The van der Waals surface area contributed by atoms with Gasteiger partial charge in [0.15, 0.2) is 5.82 Å². The zero-order chi connectivity index (χ0) is 14.1. The van der Waals surface area contributed by atoms with Gasteiger partial charge in [-0.1, -0.05) is 42.0 Å². The van der Waals surface area contributed by atoms with Crippen molar-refractivity contribution in [2.24, 2.45) is 0 Å². The molecule has 0 fully saturated rings. The molecule has 5 nitrogen and oxygen atoms in total. The Morgan fingerprint density at radius 2 is 2.00 bits per heavy atom.